The molecule has 0 saturated heterocycles. The molecule has 0 atom stereocenters. The Morgan fingerprint density at radius 3 is 2.50 bits per heavy atom. The van der Waals surface area contributed by atoms with Gasteiger partial charge in [-0.15, -0.1) is 0 Å². The summed E-state index contributed by atoms with van der Waals surface area (Å²) >= 11 is -0.0668. The lowest BCUT2D eigenvalue weighted by molar-refractivity contribution is -0.0327. The maximum atomic E-state index is 12.3. The molecular formula is C13H18F3NS. The van der Waals surface area contributed by atoms with Crippen LogP contribution in [-0.2, 0) is 0 Å². The summed E-state index contributed by atoms with van der Waals surface area (Å²) in [7, 11) is 0. The van der Waals surface area contributed by atoms with Crippen LogP contribution in [0.1, 0.15) is 32.6 Å². The standard InChI is InChI=1S/C13H18F3NS/c1-2-3-4-7-10-17-11-8-5-6-9-12(11)18-13(14,15)16/h5-6,8-9,17H,2-4,7,10H2,1H3. The summed E-state index contributed by atoms with van der Waals surface area (Å²) in [4.78, 5) is 0.237. The van der Waals surface area contributed by atoms with Crippen LogP contribution in [0.15, 0.2) is 29.2 Å². The van der Waals surface area contributed by atoms with Crippen LogP contribution >= 0.6 is 11.8 Å². The summed E-state index contributed by atoms with van der Waals surface area (Å²) in [6, 6.07) is 6.55. The van der Waals surface area contributed by atoms with E-state index >= 15 is 0 Å². The molecule has 18 heavy (non-hydrogen) atoms. The average Bonchev–Trinajstić information content (AvgIpc) is 2.29. The Kier molecular flexibility index (Phi) is 6.39. The van der Waals surface area contributed by atoms with Crippen LogP contribution in [0, 0.1) is 0 Å². The molecule has 0 aliphatic carbocycles. The van der Waals surface area contributed by atoms with Crippen LogP contribution in [0.4, 0.5) is 18.9 Å². The summed E-state index contributed by atoms with van der Waals surface area (Å²) < 4.78 is 37.0. The van der Waals surface area contributed by atoms with Crippen LogP contribution in [0.3, 0.4) is 0 Å². The molecule has 0 bridgehead atoms. The molecule has 5 heteroatoms. The van der Waals surface area contributed by atoms with Crippen molar-refractivity contribution in [3.05, 3.63) is 24.3 Å². The SMILES string of the molecule is CCCCCCNc1ccccc1SC(F)(F)F. The van der Waals surface area contributed by atoms with E-state index < -0.39 is 5.51 Å². The number of anilines is 1. The first kappa shape index (κ1) is 15.2. The number of halogens is 3. The van der Waals surface area contributed by atoms with Gasteiger partial charge in [-0.2, -0.15) is 13.2 Å². The highest BCUT2D eigenvalue weighted by Gasteiger charge is 2.30. The van der Waals surface area contributed by atoms with Crippen molar-refractivity contribution in [2.24, 2.45) is 0 Å². The van der Waals surface area contributed by atoms with Crippen molar-refractivity contribution in [1.82, 2.24) is 0 Å². The third kappa shape index (κ3) is 6.19. The Labute approximate surface area is 110 Å². The molecule has 1 N–H and O–H groups in total. The van der Waals surface area contributed by atoms with Gasteiger partial charge in [0.05, 0.1) is 0 Å². The van der Waals surface area contributed by atoms with E-state index in [1.54, 1.807) is 18.2 Å². The van der Waals surface area contributed by atoms with Gasteiger partial charge in [0, 0.05) is 17.1 Å². The summed E-state index contributed by atoms with van der Waals surface area (Å²) in [6.07, 6.45) is 4.41. The third-order valence-corrected chi connectivity index (χ3v) is 3.27. The molecule has 0 saturated carbocycles. The van der Waals surface area contributed by atoms with Gasteiger partial charge < -0.3 is 5.32 Å². The number of thioether (sulfide) groups is 1. The van der Waals surface area contributed by atoms with Gasteiger partial charge in [-0.25, -0.2) is 0 Å². The van der Waals surface area contributed by atoms with E-state index in [0.717, 1.165) is 25.8 Å². The topological polar surface area (TPSA) is 12.0 Å². The van der Waals surface area contributed by atoms with Gasteiger partial charge in [0.1, 0.15) is 0 Å². The highest BCUT2D eigenvalue weighted by molar-refractivity contribution is 8.00. The largest absolute Gasteiger partial charge is 0.446 e. The van der Waals surface area contributed by atoms with Crippen molar-refractivity contribution in [3.63, 3.8) is 0 Å². The van der Waals surface area contributed by atoms with Crippen LogP contribution in [-0.4, -0.2) is 12.1 Å². The fourth-order valence-electron chi connectivity index (χ4n) is 1.60. The molecule has 0 unspecified atom stereocenters. The first-order valence-corrected chi connectivity index (χ1v) is 6.93. The highest BCUT2D eigenvalue weighted by atomic mass is 32.2. The number of para-hydroxylation sites is 1. The monoisotopic (exact) mass is 277 g/mol. The lowest BCUT2D eigenvalue weighted by atomic mass is 10.2. The third-order valence-electron chi connectivity index (χ3n) is 2.46. The zero-order valence-corrected chi connectivity index (χ0v) is 11.2. The van der Waals surface area contributed by atoms with Crippen molar-refractivity contribution >= 4 is 17.4 Å². The lowest BCUT2D eigenvalue weighted by Gasteiger charge is -2.12. The normalized spacial score (nSPS) is 11.6. The molecule has 0 aliphatic heterocycles. The van der Waals surface area contributed by atoms with Gasteiger partial charge in [0.2, 0.25) is 0 Å². The molecule has 0 heterocycles. The van der Waals surface area contributed by atoms with Crippen molar-refractivity contribution in [2.45, 2.75) is 43.0 Å². The molecule has 1 aromatic carbocycles. The molecule has 0 amide bonds. The van der Waals surface area contributed by atoms with Crippen molar-refractivity contribution in [2.75, 3.05) is 11.9 Å². The fraction of sp³-hybridized carbons (Fsp3) is 0.538. The van der Waals surface area contributed by atoms with Gasteiger partial charge in [-0.3, -0.25) is 0 Å². The Morgan fingerprint density at radius 1 is 1.11 bits per heavy atom. The first-order valence-electron chi connectivity index (χ1n) is 6.11. The zero-order valence-electron chi connectivity index (χ0n) is 10.4. The average molecular weight is 277 g/mol. The van der Waals surface area contributed by atoms with E-state index in [-0.39, 0.29) is 16.7 Å². The number of rotatable bonds is 7. The van der Waals surface area contributed by atoms with E-state index in [2.05, 4.69) is 12.2 Å². The summed E-state index contributed by atoms with van der Waals surface area (Å²) in [6.45, 7) is 2.85. The van der Waals surface area contributed by atoms with Gasteiger partial charge in [0.25, 0.3) is 0 Å². The fourth-order valence-corrected chi connectivity index (χ4v) is 2.25. The number of benzene rings is 1. The van der Waals surface area contributed by atoms with Crippen molar-refractivity contribution in [1.29, 1.82) is 0 Å². The number of hydrogen-bond donors (Lipinski definition) is 1. The minimum absolute atomic E-state index is 0.0668. The molecule has 0 fully saturated rings. The predicted octanol–water partition coefficient (Wildman–Crippen LogP) is 5.29. The van der Waals surface area contributed by atoms with Crippen molar-refractivity contribution < 1.29 is 13.2 Å². The van der Waals surface area contributed by atoms with Crippen LogP contribution < -0.4 is 5.32 Å². The molecule has 1 aromatic rings. The number of unbranched alkanes of at least 4 members (excludes halogenated alkanes) is 3. The van der Waals surface area contributed by atoms with Gasteiger partial charge >= 0.3 is 5.51 Å². The minimum Gasteiger partial charge on any atom is -0.384 e. The molecule has 1 rings (SSSR count). The van der Waals surface area contributed by atoms with Crippen LogP contribution in [0.25, 0.3) is 0 Å². The van der Waals surface area contributed by atoms with Crippen LogP contribution in [0.5, 0.6) is 0 Å². The smallest absolute Gasteiger partial charge is 0.384 e. The van der Waals surface area contributed by atoms with Crippen molar-refractivity contribution in [3.8, 4) is 0 Å². The maximum Gasteiger partial charge on any atom is 0.446 e. The Hall–Kier alpha value is -0.840. The highest BCUT2D eigenvalue weighted by Crippen LogP contribution is 2.40. The van der Waals surface area contributed by atoms with E-state index in [9.17, 15) is 13.2 Å². The molecule has 102 valence electrons. The number of nitrogens with one attached hydrogen (secondary N) is 1. The zero-order chi connectivity index (χ0) is 13.4. The summed E-state index contributed by atoms with van der Waals surface area (Å²) in [5, 5.41) is 3.07. The quantitative estimate of drug-likeness (QED) is 0.537. The van der Waals surface area contributed by atoms with E-state index in [0.29, 0.717) is 5.69 Å². The van der Waals surface area contributed by atoms with E-state index in [4.69, 9.17) is 0 Å². The Morgan fingerprint density at radius 2 is 1.83 bits per heavy atom. The second-order valence-corrected chi connectivity index (χ2v) is 5.14. The summed E-state index contributed by atoms with van der Waals surface area (Å²) in [5.74, 6) is 0. The van der Waals surface area contributed by atoms with Gasteiger partial charge in [-0.1, -0.05) is 38.3 Å². The first-order chi connectivity index (χ1) is 8.53. The second kappa shape index (κ2) is 7.56. The molecular weight excluding hydrogens is 259 g/mol. The lowest BCUT2D eigenvalue weighted by Crippen LogP contribution is -2.05. The molecule has 1 nitrogen and oxygen atoms in total. The van der Waals surface area contributed by atoms with Gasteiger partial charge in [-0.05, 0) is 30.3 Å². The van der Waals surface area contributed by atoms with E-state index in [1.165, 1.54) is 12.5 Å². The Bertz CT molecular complexity index is 352. The molecule has 0 radical (unpaired) electrons. The molecule has 0 aliphatic rings. The maximum absolute atomic E-state index is 12.3. The number of hydrogen-bond acceptors (Lipinski definition) is 2. The summed E-state index contributed by atoms with van der Waals surface area (Å²) in [5.41, 5.74) is -3.67. The van der Waals surface area contributed by atoms with E-state index in [1.807, 2.05) is 0 Å². The molecule has 0 aromatic heterocycles. The number of alkyl halides is 3. The van der Waals surface area contributed by atoms with Crippen LogP contribution in [0.2, 0.25) is 0 Å². The second-order valence-electron chi connectivity index (χ2n) is 4.03. The molecule has 0 spiro atoms. The Balaban J connectivity index is 2.49. The predicted molar refractivity (Wildman–Crippen MR) is 71.0 cm³/mol. The minimum atomic E-state index is -4.24. The van der Waals surface area contributed by atoms with Gasteiger partial charge in [0.15, 0.2) is 0 Å².